The highest BCUT2D eigenvalue weighted by Crippen LogP contribution is 2.57. The molecule has 0 saturated heterocycles. The van der Waals surface area contributed by atoms with Crippen LogP contribution in [0.3, 0.4) is 0 Å². The van der Waals surface area contributed by atoms with Gasteiger partial charge in [0.15, 0.2) is 0 Å². The lowest BCUT2D eigenvalue weighted by Crippen LogP contribution is -2.47. The van der Waals surface area contributed by atoms with Crippen LogP contribution < -0.4 is 0 Å². The van der Waals surface area contributed by atoms with E-state index >= 15 is 0 Å². The van der Waals surface area contributed by atoms with Crippen molar-refractivity contribution in [3.63, 3.8) is 0 Å². The summed E-state index contributed by atoms with van der Waals surface area (Å²) in [4.78, 5) is 16.6. The van der Waals surface area contributed by atoms with Crippen molar-refractivity contribution >= 4 is 16.7 Å². The molecule has 1 aromatic heterocycles. The Bertz CT molecular complexity index is 797. The minimum absolute atomic E-state index is 0.00426. The van der Waals surface area contributed by atoms with Crippen LogP contribution in [-0.2, 0) is 10.2 Å². The van der Waals surface area contributed by atoms with E-state index in [9.17, 15) is 4.79 Å². The van der Waals surface area contributed by atoms with Crippen molar-refractivity contribution in [2.24, 2.45) is 11.3 Å². The number of hydrogen-bond donors (Lipinski definition) is 1. The molecule has 114 valence electrons. The van der Waals surface area contributed by atoms with Gasteiger partial charge in [-0.2, -0.15) is 0 Å². The Labute approximate surface area is 131 Å². The Kier molecular flexibility index (Phi) is 2.59. The molecule has 2 nitrogen and oxygen atoms in total. The third kappa shape index (κ3) is 1.48. The van der Waals surface area contributed by atoms with Crippen LogP contribution in [0.15, 0.2) is 37.1 Å². The van der Waals surface area contributed by atoms with Crippen molar-refractivity contribution in [2.45, 2.75) is 44.9 Å². The molecular formula is C20H23NO. The highest BCUT2D eigenvalue weighted by molar-refractivity contribution is 6.00. The molecule has 0 unspecified atom stereocenters. The SMILES string of the molecule is C=C[C@@]1(C)CC[C@H]2[C@H](C1=O)c1c[nH]c3cccc(c13)C2(C)C. The number of rotatable bonds is 1. The van der Waals surface area contributed by atoms with E-state index in [2.05, 4.69) is 56.7 Å². The number of aromatic nitrogens is 1. The maximum atomic E-state index is 13.3. The largest absolute Gasteiger partial charge is 0.361 e. The summed E-state index contributed by atoms with van der Waals surface area (Å²) in [6.07, 6.45) is 5.92. The van der Waals surface area contributed by atoms with Crippen LogP contribution in [0, 0.1) is 11.3 Å². The summed E-state index contributed by atoms with van der Waals surface area (Å²) in [6.45, 7) is 10.6. The fourth-order valence-corrected chi connectivity index (χ4v) is 4.81. The first kappa shape index (κ1) is 13.8. The number of fused-ring (bicyclic) bond motifs is 2. The molecule has 1 fully saturated rings. The first-order valence-corrected chi connectivity index (χ1v) is 8.18. The van der Waals surface area contributed by atoms with Crippen molar-refractivity contribution in [3.8, 4) is 0 Å². The molecule has 2 heteroatoms. The van der Waals surface area contributed by atoms with Crippen LogP contribution in [0.1, 0.15) is 50.7 Å². The highest BCUT2D eigenvalue weighted by Gasteiger charge is 2.53. The normalized spacial score (nSPS) is 32.8. The molecule has 3 atom stereocenters. The Morgan fingerprint density at radius 3 is 2.82 bits per heavy atom. The Hall–Kier alpha value is -1.83. The lowest BCUT2D eigenvalue weighted by atomic mass is 9.52. The fraction of sp³-hybridized carbons (Fsp3) is 0.450. The van der Waals surface area contributed by atoms with Crippen LogP contribution >= 0.6 is 0 Å². The molecule has 0 aliphatic heterocycles. The molecule has 0 spiro atoms. The van der Waals surface area contributed by atoms with Gasteiger partial charge in [0, 0.05) is 28.4 Å². The van der Waals surface area contributed by atoms with Crippen LogP contribution in [0.25, 0.3) is 10.9 Å². The molecule has 1 N–H and O–H groups in total. The summed E-state index contributed by atoms with van der Waals surface area (Å²) in [5.74, 6) is 0.722. The molecule has 2 aromatic rings. The number of carbonyl (C=O) groups excluding carboxylic acids is 1. The second kappa shape index (κ2) is 4.13. The first-order valence-electron chi connectivity index (χ1n) is 8.18. The van der Waals surface area contributed by atoms with Crippen molar-refractivity contribution in [2.75, 3.05) is 0 Å². The summed E-state index contributed by atoms with van der Waals surface area (Å²) in [5, 5.41) is 1.27. The monoisotopic (exact) mass is 293 g/mol. The summed E-state index contributed by atoms with van der Waals surface area (Å²) in [6, 6.07) is 6.47. The average molecular weight is 293 g/mol. The Morgan fingerprint density at radius 1 is 1.32 bits per heavy atom. The topological polar surface area (TPSA) is 32.9 Å². The van der Waals surface area contributed by atoms with E-state index in [1.165, 1.54) is 16.5 Å². The quantitative estimate of drug-likeness (QED) is 0.759. The van der Waals surface area contributed by atoms with Gasteiger partial charge in [0.25, 0.3) is 0 Å². The van der Waals surface area contributed by atoms with Gasteiger partial charge in [-0.25, -0.2) is 0 Å². The van der Waals surface area contributed by atoms with Gasteiger partial charge >= 0.3 is 0 Å². The van der Waals surface area contributed by atoms with Gasteiger partial charge in [-0.15, -0.1) is 6.58 Å². The minimum atomic E-state index is -0.382. The van der Waals surface area contributed by atoms with Gasteiger partial charge in [-0.3, -0.25) is 4.79 Å². The predicted molar refractivity (Wildman–Crippen MR) is 90.1 cm³/mol. The smallest absolute Gasteiger partial charge is 0.150 e. The summed E-state index contributed by atoms with van der Waals surface area (Å²) in [5.41, 5.74) is 3.38. The summed E-state index contributed by atoms with van der Waals surface area (Å²) in [7, 11) is 0. The van der Waals surface area contributed by atoms with Gasteiger partial charge in [0.05, 0.1) is 0 Å². The molecule has 22 heavy (non-hydrogen) atoms. The van der Waals surface area contributed by atoms with Crippen molar-refractivity contribution in [3.05, 3.63) is 48.2 Å². The van der Waals surface area contributed by atoms with E-state index in [-0.39, 0.29) is 16.7 Å². The van der Waals surface area contributed by atoms with E-state index in [0.717, 1.165) is 18.4 Å². The lowest BCUT2D eigenvalue weighted by Gasteiger charge is -2.49. The molecule has 0 radical (unpaired) electrons. The van der Waals surface area contributed by atoms with Gasteiger partial charge in [0.1, 0.15) is 5.78 Å². The third-order valence-electron chi connectivity index (χ3n) is 6.37. The predicted octanol–water partition coefficient (Wildman–Crippen LogP) is 4.71. The number of ketones is 1. The number of allylic oxidation sites excluding steroid dienone is 1. The lowest BCUT2D eigenvalue weighted by molar-refractivity contribution is -0.132. The molecule has 0 amide bonds. The molecule has 0 bridgehead atoms. The zero-order chi connectivity index (χ0) is 15.7. The highest BCUT2D eigenvalue weighted by atomic mass is 16.1. The molecule has 1 saturated carbocycles. The van der Waals surface area contributed by atoms with E-state index in [0.29, 0.717) is 11.7 Å². The number of benzene rings is 1. The van der Waals surface area contributed by atoms with Crippen molar-refractivity contribution in [1.82, 2.24) is 4.98 Å². The van der Waals surface area contributed by atoms with Crippen molar-refractivity contribution in [1.29, 1.82) is 0 Å². The fourth-order valence-electron chi connectivity index (χ4n) is 4.81. The summed E-state index contributed by atoms with van der Waals surface area (Å²) >= 11 is 0. The number of nitrogens with one attached hydrogen (secondary N) is 1. The zero-order valence-corrected chi connectivity index (χ0v) is 13.6. The molecule has 1 aromatic carbocycles. The summed E-state index contributed by atoms with van der Waals surface area (Å²) < 4.78 is 0. The van der Waals surface area contributed by atoms with Crippen molar-refractivity contribution < 1.29 is 4.79 Å². The second-order valence-electron chi connectivity index (χ2n) is 7.80. The number of H-pyrrole nitrogens is 1. The van der Waals surface area contributed by atoms with Gasteiger partial charge in [-0.1, -0.05) is 32.1 Å². The van der Waals surface area contributed by atoms with Crippen LogP contribution in [-0.4, -0.2) is 10.8 Å². The van der Waals surface area contributed by atoms with Crippen LogP contribution in [0.2, 0.25) is 0 Å². The number of Topliss-reactive ketones (excluding diaryl/α,β-unsaturated/α-hetero) is 1. The maximum absolute atomic E-state index is 13.3. The standard InChI is InChI=1S/C20H23NO/c1-5-20(4)10-9-14-17(18(20)22)12-11-21-15-8-6-7-13(16(12)15)19(14,2)3/h5-8,11,14,17,21H,1,9-10H2,2-4H3/t14-,17+,20-/m0/s1. The van der Waals surface area contributed by atoms with Gasteiger partial charge < -0.3 is 4.98 Å². The zero-order valence-electron chi connectivity index (χ0n) is 13.6. The number of aromatic amines is 1. The molecule has 4 rings (SSSR count). The first-order chi connectivity index (χ1) is 10.4. The van der Waals surface area contributed by atoms with Gasteiger partial charge in [0.2, 0.25) is 0 Å². The average Bonchev–Trinajstić information content (AvgIpc) is 2.92. The molecule has 2 aliphatic rings. The maximum Gasteiger partial charge on any atom is 0.150 e. The minimum Gasteiger partial charge on any atom is -0.361 e. The number of hydrogen-bond acceptors (Lipinski definition) is 1. The van der Waals surface area contributed by atoms with E-state index in [4.69, 9.17) is 0 Å². The third-order valence-corrected chi connectivity index (χ3v) is 6.37. The Morgan fingerprint density at radius 2 is 2.09 bits per heavy atom. The molecular weight excluding hydrogens is 270 g/mol. The molecule has 2 aliphatic carbocycles. The van der Waals surface area contributed by atoms with Crippen LogP contribution in [0.5, 0.6) is 0 Å². The second-order valence-corrected chi connectivity index (χ2v) is 7.80. The van der Waals surface area contributed by atoms with E-state index < -0.39 is 0 Å². The van der Waals surface area contributed by atoms with Gasteiger partial charge in [-0.05, 0) is 48.3 Å². The number of carbonyl (C=O) groups is 1. The Balaban J connectivity index is 2.02. The molecule has 1 heterocycles. The van der Waals surface area contributed by atoms with Crippen LogP contribution in [0.4, 0.5) is 0 Å². The van der Waals surface area contributed by atoms with E-state index in [1.54, 1.807) is 0 Å². The van der Waals surface area contributed by atoms with E-state index in [1.807, 2.05) is 6.08 Å².